The normalized spacial score (nSPS) is 14.1. The summed E-state index contributed by atoms with van der Waals surface area (Å²) in [6, 6.07) is 9.84. The molecule has 1 aliphatic rings. The number of likely N-dealkylation sites (tertiary alicyclic amines) is 1. The molecule has 1 aromatic carbocycles. The van der Waals surface area contributed by atoms with Gasteiger partial charge in [0.2, 0.25) is 5.91 Å². The number of rotatable bonds is 10. The fourth-order valence-electron chi connectivity index (χ4n) is 5.05. The Labute approximate surface area is 229 Å². The van der Waals surface area contributed by atoms with Gasteiger partial charge < -0.3 is 29.2 Å². The molecule has 0 saturated carbocycles. The molecular formula is C28H32F2N4O6. The van der Waals surface area contributed by atoms with Gasteiger partial charge in [-0.25, -0.2) is 8.78 Å². The summed E-state index contributed by atoms with van der Waals surface area (Å²) >= 11 is 0. The van der Waals surface area contributed by atoms with Gasteiger partial charge in [0.1, 0.15) is 18.6 Å². The van der Waals surface area contributed by atoms with Crippen molar-refractivity contribution in [3.05, 3.63) is 63.7 Å². The van der Waals surface area contributed by atoms with E-state index in [1.165, 1.54) is 14.0 Å². The second kappa shape index (κ2) is 12.4. The molecule has 40 heavy (non-hydrogen) atoms. The molecule has 10 nitrogen and oxygen atoms in total. The zero-order valence-electron chi connectivity index (χ0n) is 22.4. The van der Waals surface area contributed by atoms with Gasteiger partial charge in [-0.3, -0.25) is 19.2 Å². The molecule has 1 saturated heterocycles. The molecule has 0 unspecified atom stereocenters. The predicted molar refractivity (Wildman–Crippen MR) is 143 cm³/mol. The number of carbonyl (C=O) groups is 3. The quantitative estimate of drug-likeness (QED) is 0.368. The third kappa shape index (κ3) is 5.91. The minimum atomic E-state index is -2.85. The van der Waals surface area contributed by atoms with Crippen molar-refractivity contribution in [2.24, 2.45) is 7.05 Å². The van der Waals surface area contributed by atoms with Crippen LogP contribution in [0.5, 0.6) is 5.75 Å². The number of hydrogen-bond acceptors (Lipinski definition) is 6. The number of aryl methyl sites for hydroxylation is 2. The summed E-state index contributed by atoms with van der Waals surface area (Å²) in [7, 11) is 1.55. The number of aliphatic hydroxyl groups is 1. The standard InChI is InChI=1S/C28H32F2N4O6/c1-3-19-13-20-24(28(39)34(19)14-21(36)17-7-5-4-6-8-17)26(40-16-22(29)30)25(32(20)2)27(38)31-18-9-11-33(12-10-18)23(37)15-35/h4-8,13,18,22,35H,3,9-12,14-16H2,1-2H3,(H,31,38). The van der Waals surface area contributed by atoms with Crippen molar-refractivity contribution in [3.8, 4) is 5.75 Å². The highest BCUT2D eigenvalue weighted by atomic mass is 19.3. The van der Waals surface area contributed by atoms with Crippen LogP contribution in [-0.2, 0) is 24.8 Å². The van der Waals surface area contributed by atoms with E-state index < -0.39 is 37.0 Å². The molecule has 0 spiro atoms. The van der Waals surface area contributed by atoms with Crippen LogP contribution in [0.3, 0.4) is 0 Å². The molecule has 2 N–H and O–H groups in total. The summed E-state index contributed by atoms with van der Waals surface area (Å²) in [5.74, 6) is -1.57. The SMILES string of the molecule is CCc1cc2c(c(OCC(F)F)c(C(=O)NC3CCN(C(=O)CO)CC3)n2C)c(=O)n1CC(=O)c1ccccc1. The Morgan fingerprint density at radius 1 is 1.15 bits per heavy atom. The first kappa shape index (κ1) is 28.9. The zero-order valence-corrected chi connectivity index (χ0v) is 22.4. The van der Waals surface area contributed by atoms with Gasteiger partial charge in [0, 0.05) is 37.4 Å². The number of ketones is 1. The van der Waals surface area contributed by atoms with Gasteiger partial charge in [0.05, 0.1) is 12.1 Å². The highest BCUT2D eigenvalue weighted by Gasteiger charge is 2.30. The number of halogens is 2. The molecule has 1 aliphatic heterocycles. The average Bonchev–Trinajstić information content (AvgIpc) is 3.24. The Morgan fingerprint density at radius 3 is 2.42 bits per heavy atom. The molecule has 0 aliphatic carbocycles. The lowest BCUT2D eigenvalue weighted by Gasteiger charge is -2.32. The van der Waals surface area contributed by atoms with Crippen molar-refractivity contribution >= 4 is 28.5 Å². The summed E-state index contributed by atoms with van der Waals surface area (Å²) < 4.78 is 34.6. The molecule has 0 bridgehead atoms. The molecular weight excluding hydrogens is 526 g/mol. The number of benzene rings is 1. The highest BCUT2D eigenvalue weighted by Crippen LogP contribution is 2.32. The van der Waals surface area contributed by atoms with Crippen LogP contribution in [0.4, 0.5) is 8.78 Å². The fourth-order valence-corrected chi connectivity index (χ4v) is 5.05. The third-order valence-corrected chi connectivity index (χ3v) is 7.15. The fraction of sp³-hybridized carbons (Fsp3) is 0.429. The topological polar surface area (TPSA) is 123 Å². The summed E-state index contributed by atoms with van der Waals surface area (Å²) in [6.07, 6.45) is -1.58. The molecule has 4 rings (SSSR count). The van der Waals surface area contributed by atoms with E-state index in [4.69, 9.17) is 9.84 Å². The van der Waals surface area contributed by atoms with Crippen LogP contribution in [0.2, 0.25) is 0 Å². The number of amides is 2. The van der Waals surface area contributed by atoms with Crippen molar-refractivity contribution in [1.82, 2.24) is 19.4 Å². The number of aliphatic hydroxyl groups excluding tert-OH is 1. The van der Waals surface area contributed by atoms with Crippen LogP contribution < -0.4 is 15.6 Å². The smallest absolute Gasteiger partial charge is 0.272 e. The molecule has 2 aromatic heterocycles. The van der Waals surface area contributed by atoms with Crippen molar-refractivity contribution in [2.45, 2.75) is 45.2 Å². The molecule has 0 atom stereocenters. The van der Waals surface area contributed by atoms with Gasteiger partial charge >= 0.3 is 0 Å². The number of piperidine rings is 1. The number of alkyl halides is 2. The van der Waals surface area contributed by atoms with E-state index in [0.717, 1.165) is 0 Å². The van der Waals surface area contributed by atoms with Gasteiger partial charge in [-0.2, -0.15) is 0 Å². The van der Waals surface area contributed by atoms with Crippen LogP contribution in [-0.4, -0.2) is 75.5 Å². The zero-order chi connectivity index (χ0) is 29.0. The summed E-state index contributed by atoms with van der Waals surface area (Å²) in [5.41, 5.74) is 0.577. The van der Waals surface area contributed by atoms with E-state index >= 15 is 0 Å². The largest absolute Gasteiger partial charge is 0.484 e. The minimum absolute atomic E-state index is 0.0604. The molecule has 214 valence electrons. The van der Waals surface area contributed by atoms with E-state index in [1.807, 2.05) is 6.92 Å². The molecule has 2 amide bonds. The van der Waals surface area contributed by atoms with E-state index in [-0.39, 0.29) is 35.2 Å². The van der Waals surface area contributed by atoms with Crippen LogP contribution in [0.1, 0.15) is 46.3 Å². The first-order chi connectivity index (χ1) is 19.2. The van der Waals surface area contributed by atoms with E-state index in [0.29, 0.717) is 49.1 Å². The van der Waals surface area contributed by atoms with E-state index in [9.17, 15) is 28.0 Å². The number of aromatic nitrogens is 2. The average molecular weight is 559 g/mol. The maximum Gasteiger partial charge on any atom is 0.272 e. The number of ether oxygens (including phenoxy) is 1. The Kier molecular flexibility index (Phi) is 8.98. The summed E-state index contributed by atoms with van der Waals surface area (Å²) in [5, 5.41) is 11.9. The molecule has 1 fully saturated rings. The van der Waals surface area contributed by atoms with Gasteiger partial charge in [0.25, 0.3) is 17.9 Å². The Morgan fingerprint density at radius 2 is 1.82 bits per heavy atom. The monoisotopic (exact) mass is 558 g/mol. The number of hydrogen-bond donors (Lipinski definition) is 2. The number of Topliss-reactive ketones (excluding diaryl/α,β-unsaturated/α-hetero) is 1. The lowest BCUT2D eigenvalue weighted by molar-refractivity contribution is -0.135. The number of carbonyl (C=O) groups excluding carboxylic acids is 3. The minimum Gasteiger partial charge on any atom is -0.484 e. The summed E-state index contributed by atoms with van der Waals surface area (Å²) in [6.45, 7) is 0.619. The Balaban J connectivity index is 1.73. The number of nitrogens with zero attached hydrogens (tertiary/aromatic N) is 3. The van der Waals surface area contributed by atoms with E-state index in [2.05, 4.69) is 5.32 Å². The second-order valence-corrected chi connectivity index (χ2v) is 9.66. The highest BCUT2D eigenvalue weighted by molar-refractivity contribution is 6.04. The van der Waals surface area contributed by atoms with Gasteiger partial charge in [0.15, 0.2) is 17.2 Å². The van der Waals surface area contributed by atoms with Crippen LogP contribution >= 0.6 is 0 Å². The first-order valence-electron chi connectivity index (χ1n) is 13.1. The third-order valence-electron chi connectivity index (χ3n) is 7.15. The maximum absolute atomic E-state index is 13.8. The lowest BCUT2D eigenvalue weighted by Crippen LogP contribution is -2.47. The number of pyridine rings is 1. The molecule has 12 heteroatoms. The van der Waals surface area contributed by atoms with Crippen molar-refractivity contribution in [1.29, 1.82) is 0 Å². The number of fused-ring (bicyclic) bond motifs is 1. The molecule has 3 aromatic rings. The van der Waals surface area contributed by atoms with Gasteiger partial charge in [-0.05, 0) is 25.3 Å². The van der Waals surface area contributed by atoms with Crippen LogP contribution in [0, 0.1) is 0 Å². The van der Waals surface area contributed by atoms with Crippen molar-refractivity contribution < 1.29 is 33.0 Å². The van der Waals surface area contributed by atoms with Crippen LogP contribution in [0.25, 0.3) is 10.9 Å². The van der Waals surface area contributed by atoms with Gasteiger partial charge in [-0.15, -0.1) is 0 Å². The van der Waals surface area contributed by atoms with E-state index in [1.54, 1.807) is 43.4 Å². The lowest BCUT2D eigenvalue weighted by atomic mass is 10.0. The van der Waals surface area contributed by atoms with Crippen molar-refractivity contribution in [3.63, 3.8) is 0 Å². The summed E-state index contributed by atoms with van der Waals surface area (Å²) in [4.78, 5) is 53.5. The molecule has 3 heterocycles. The molecule has 0 radical (unpaired) electrons. The maximum atomic E-state index is 13.8. The first-order valence-corrected chi connectivity index (χ1v) is 13.1. The van der Waals surface area contributed by atoms with Crippen molar-refractivity contribution in [2.75, 3.05) is 26.3 Å². The van der Waals surface area contributed by atoms with Crippen LogP contribution in [0.15, 0.2) is 41.2 Å². The number of nitrogens with one attached hydrogen (secondary N) is 1. The Bertz CT molecular complexity index is 1460. The predicted octanol–water partition coefficient (Wildman–Crippen LogP) is 2.14. The second-order valence-electron chi connectivity index (χ2n) is 9.66. The Hall–Kier alpha value is -4.06. The van der Waals surface area contributed by atoms with Gasteiger partial charge in [-0.1, -0.05) is 37.3 Å².